The average molecular weight is 203 g/mol. The van der Waals surface area contributed by atoms with Gasteiger partial charge < -0.3 is 4.84 Å². The molecule has 0 radical (unpaired) electrons. The Morgan fingerprint density at radius 2 is 2.33 bits per heavy atom. The van der Waals surface area contributed by atoms with Crippen molar-refractivity contribution in [2.24, 2.45) is 5.16 Å². The minimum atomic E-state index is -0.498. The van der Waals surface area contributed by atoms with Crippen molar-refractivity contribution in [2.75, 3.05) is 0 Å². The molecule has 5 heteroatoms. The molecule has 15 heavy (non-hydrogen) atoms. The van der Waals surface area contributed by atoms with E-state index in [1.165, 1.54) is 13.1 Å². The number of aromatic nitrogens is 1. The van der Waals surface area contributed by atoms with Crippen LogP contribution in [0.25, 0.3) is 0 Å². The zero-order chi connectivity index (χ0) is 11.3. The summed E-state index contributed by atoms with van der Waals surface area (Å²) in [6.45, 7) is 2.91. The highest BCUT2D eigenvalue weighted by Gasteiger charge is 2.05. The molecular formula is C10H9N3O2. The van der Waals surface area contributed by atoms with Gasteiger partial charge in [-0.05, 0) is 13.0 Å². The second kappa shape index (κ2) is 4.86. The fourth-order valence-corrected chi connectivity index (χ4v) is 0.981. The highest BCUT2D eigenvalue weighted by atomic mass is 16.7. The molecule has 1 heterocycles. The molecule has 0 bridgehead atoms. The van der Waals surface area contributed by atoms with Crippen LogP contribution in [-0.2, 0) is 9.63 Å². The lowest BCUT2D eigenvalue weighted by Gasteiger charge is -2.00. The highest BCUT2D eigenvalue weighted by Crippen LogP contribution is 2.07. The maximum Gasteiger partial charge on any atom is 0.331 e. The molecule has 0 saturated heterocycles. The first kappa shape index (κ1) is 10.9. The highest BCUT2D eigenvalue weighted by molar-refractivity contribution is 6.00. The van der Waals surface area contributed by atoms with Crippen LogP contribution in [0.4, 0.5) is 0 Å². The Morgan fingerprint density at radius 1 is 1.60 bits per heavy atom. The van der Waals surface area contributed by atoms with E-state index in [-0.39, 0.29) is 0 Å². The van der Waals surface area contributed by atoms with Crippen molar-refractivity contribution < 1.29 is 9.63 Å². The van der Waals surface area contributed by atoms with Gasteiger partial charge in [-0.2, -0.15) is 5.26 Å². The summed E-state index contributed by atoms with van der Waals surface area (Å²) in [4.78, 5) is 18.8. The van der Waals surface area contributed by atoms with Crippen LogP contribution in [0.3, 0.4) is 0 Å². The van der Waals surface area contributed by atoms with Crippen molar-refractivity contribution in [3.8, 4) is 6.07 Å². The third-order valence-electron chi connectivity index (χ3n) is 1.64. The Morgan fingerprint density at radius 3 is 2.93 bits per heavy atom. The van der Waals surface area contributed by atoms with Gasteiger partial charge >= 0.3 is 5.97 Å². The molecule has 5 nitrogen and oxygen atoms in total. The molecule has 0 unspecified atom stereocenters. The van der Waals surface area contributed by atoms with Gasteiger partial charge in [-0.3, -0.25) is 4.98 Å². The largest absolute Gasteiger partial charge is 0.331 e. The number of carbonyl (C=O) groups is 1. The van der Waals surface area contributed by atoms with Gasteiger partial charge in [0, 0.05) is 24.9 Å². The van der Waals surface area contributed by atoms with Crippen LogP contribution in [0.1, 0.15) is 25.0 Å². The quantitative estimate of drug-likeness (QED) is 0.411. The van der Waals surface area contributed by atoms with Gasteiger partial charge in [0.2, 0.25) is 0 Å². The summed E-state index contributed by atoms with van der Waals surface area (Å²) in [5.74, 6) is -0.498. The van der Waals surface area contributed by atoms with E-state index in [1.807, 2.05) is 6.07 Å². The molecule has 1 aromatic rings. The van der Waals surface area contributed by atoms with Crippen molar-refractivity contribution in [3.05, 3.63) is 29.6 Å². The molecule has 0 spiro atoms. The van der Waals surface area contributed by atoms with Crippen LogP contribution in [0.5, 0.6) is 0 Å². The molecule has 0 atom stereocenters. The minimum Gasteiger partial charge on any atom is -0.318 e. The first-order chi connectivity index (χ1) is 7.15. The molecule has 0 aromatic carbocycles. The van der Waals surface area contributed by atoms with Crippen LogP contribution in [-0.4, -0.2) is 16.7 Å². The predicted molar refractivity (Wildman–Crippen MR) is 52.9 cm³/mol. The summed E-state index contributed by atoms with van der Waals surface area (Å²) in [7, 11) is 0. The summed E-state index contributed by atoms with van der Waals surface area (Å²) in [6.07, 6.45) is 2.98. The molecule has 0 aliphatic rings. The van der Waals surface area contributed by atoms with Crippen LogP contribution in [0, 0.1) is 11.3 Å². The van der Waals surface area contributed by atoms with Gasteiger partial charge in [-0.25, -0.2) is 4.79 Å². The molecular weight excluding hydrogens is 194 g/mol. The van der Waals surface area contributed by atoms with E-state index in [2.05, 4.69) is 15.0 Å². The topological polar surface area (TPSA) is 75.3 Å². The number of nitrogens with zero attached hydrogens (tertiary/aromatic N) is 3. The zero-order valence-corrected chi connectivity index (χ0v) is 8.39. The third kappa shape index (κ3) is 2.88. The van der Waals surface area contributed by atoms with Crippen LogP contribution >= 0.6 is 0 Å². The monoisotopic (exact) mass is 203 g/mol. The predicted octanol–water partition coefficient (Wildman–Crippen LogP) is 1.24. The molecule has 0 fully saturated rings. The lowest BCUT2D eigenvalue weighted by atomic mass is 10.1. The van der Waals surface area contributed by atoms with Crippen molar-refractivity contribution in [3.63, 3.8) is 0 Å². The van der Waals surface area contributed by atoms with E-state index in [1.54, 1.807) is 19.2 Å². The summed E-state index contributed by atoms with van der Waals surface area (Å²) >= 11 is 0. The first-order valence-corrected chi connectivity index (χ1v) is 4.22. The third-order valence-corrected chi connectivity index (χ3v) is 1.64. The maximum atomic E-state index is 10.5. The summed E-state index contributed by atoms with van der Waals surface area (Å²) in [5.41, 5.74) is 1.46. The van der Waals surface area contributed by atoms with Gasteiger partial charge in [-0.15, -0.1) is 0 Å². The van der Waals surface area contributed by atoms with Gasteiger partial charge in [0.1, 0.15) is 6.07 Å². The molecule has 0 amide bonds. The average Bonchev–Trinajstić information content (AvgIpc) is 2.25. The SMILES string of the molecule is CC(=O)ON=C(C)c1ccncc1C#N. The Kier molecular flexibility index (Phi) is 3.52. The van der Waals surface area contributed by atoms with Crippen LogP contribution in [0.2, 0.25) is 0 Å². The maximum absolute atomic E-state index is 10.5. The molecule has 0 N–H and O–H groups in total. The van der Waals surface area contributed by atoms with Gasteiger partial charge in [0.25, 0.3) is 0 Å². The van der Waals surface area contributed by atoms with Gasteiger partial charge in [0.05, 0.1) is 11.3 Å². The number of rotatable bonds is 2. The van der Waals surface area contributed by atoms with E-state index in [0.29, 0.717) is 16.8 Å². The Labute approximate surface area is 87.0 Å². The lowest BCUT2D eigenvalue weighted by molar-refractivity contribution is -0.140. The van der Waals surface area contributed by atoms with Crippen LogP contribution in [0.15, 0.2) is 23.6 Å². The first-order valence-electron chi connectivity index (χ1n) is 4.22. The lowest BCUT2D eigenvalue weighted by Crippen LogP contribution is -2.02. The fraction of sp³-hybridized carbons (Fsp3) is 0.200. The molecule has 0 saturated carbocycles. The van der Waals surface area contributed by atoms with Crippen molar-refractivity contribution in [1.82, 2.24) is 4.98 Å². The van der Waals surface area contributed by atoms with Crippen molar-refractivity contribution in [2.45, 2.75) is 13.8 Å². The second-order valence-electron chi connectivity index (χ2n) is 2.79. The van der Waals surface area contributed by atoms with Crippen molar-refractivity contribution in [1.29, 1.82) is 5.26 Å². The molecule has 1 aromatic heterocycles. The summed E-state index contributed by atoms with van der Waals surface area (Å²) in [6, 6.07) is 3.62. The standard InChI is InChI=1S/C10H9N3O2/c1-7(13-15-8(2)14)10-3-4-12-6-9(10)5-11/h3-4,6H,1-2H3. The Hall–Kier alpha value is -2.22. The minimum absolute atomic E-state index is 0.394. The Bertz CT molecular complexity index is 446. The number of hydrogen-bond acceptors (Lipinski definition) is 5. The molecule has 76 valence electrons. The fourth-order valence-electron chi connectivity index (χ4n) is 0.981. The van der Waals surface area contributed by atoms with Gasteiger partial charge in [-0.1, -0.05) is 5.16 Å². The van der Waals surface area contributed by atoms with Gasteiger partial charge in [0.15, 0.2) is 0 Å². The van der Waals surface area contributed by atoms with Crippen molar-refractivity contribution >= 4 is 11.7 Å². The number of hydrogen-bond donors (Lipinski definition) is 0. The van der Waals surface area contributed by atoms with E-state index in [9.17, 15) is 4.79 Å². The zero-order valence-electron chi connectivity index (χ0n) is 8.39. The molecule has 1 rings (SSSR count). The Balaban J connectivity index is 3.01. The van der Waals surface area contributed by atoms with E-state index in [4.69, 9.17) is 5.26 Å². The van der Waals surface area contributed by atoms with E-state index in [0.717, 1.165) is 0 Å². The molecule has 0 aliphatic heterocycles. The number of carbonyl (C=O) groups excluding carboxylic acids is 1. The number of oxime groups is 1. The smallest absolute Gasteiger partial charge is 0.318 e. The van der Waals surface area contributed by atoms with Crippen LogP contribution < -0.4 is 0 Å². The number of nitriles is 1. The summed E-state index contributed by atoms with van der Waals surface area (Å²) in [5, 5.41) is 12.4. The summed E-state index contributed by atoms with van der Waals surface area (Å²) < 4.78 is 0. The normalized spacial score (nSPS) is 10.6. The molecule has 0 aliphatic carbocycles. The van der Waals surface area contributed by atoms with E-state index >= 15 is 0 Å². The second-order valence-corrected chi connectivity index (χ2v) is 2.79. The van der Waals surface area contributed by atoms with E-state index < -0.39 is 5.97 Å². The number of pyridine rings is 1.